The average Bonchev–Trinajstić information content (AvgIpc) is 2.40. The molecule has 0 bridgehead atoms. The van der Waals surface area contributed by atoms with E-state index in [2.05, 4.69) is 20.1 Å². The van der Waals surface area contributed by atoms with Gasteiger partial charge in [-0.2, -0.15) is 0 Å². The highest BCUT2D eigenvalue weighted by Gasteiger charge is 2.04. The number of methoxy groups -OCH3 is 1. The SMILES string of the molecule is CCOC(=O)CNC(=O)NCCCCCC(=O)OC. The van der Waals surface area contributed by atoms with E-state index in [9.17, 15) is 14.4 Å². The molecule has 7 nitrogen and oxygen atoms in total. The zero-order valence-electron chi connectivity index (χ0n) is 11.5. The zero-order valence-corrected chi connectivity index (χ0v) is 11.5. The fraction of sp³-hybridized carbons (Fsp3) is 0.750. The molecule has 0 atom stereocenters. The summed E-state index contributed by atoms with van der Waals surface area (Å²) >= 11 is 0. The number of nitrogens with one attached hydrogen (secondary N) is 2. The predicted molar refractivity (Wildman–Crippen MR) is 68.5 cm³/mol. The summed E-state index contributed by atoms with van der Waals surface area (Å²) in [7, 11) is 1.36. The maximum absolute atomic E-state index is 11.2. The lowest BCUT2D eigenvalue weighted by Crippen LogP contribution is -2.39. The largest absolute Gasteiger partial charge is 0.469 e. The van der Waals surface area contributed by atoms with Gasteiger partial charge in [0, 0.05) is 13.0 Å². The third kappa shape index (κ3) is 11.1. The Balaban J connectivity index is 3.39. The van der Waals surface area contributed by atoms with Crippen LogP contribution in [-0.2, 0) is 19.1 Å². The number of ether oxygens (including phenoxy) is 2. The van der Waals surface area contributed by atoms with Gasteiger partial charge in [0.1, 0.15) is 6.54 Å². The molecule has 0 heterocycles. The molecule has 2 N–H and O–H groups in total. The Bertz CT molecular complexity index is 294. The van der Waals surface area contributed by atoms with Crippen molar-refractivity contribution < 1.29 is 23.9 Å². The molecule has 0 saturated carbocycles. The molecule has 0 aromatic heterocycles. The van der Waals surface area contributed by atoms with Crippen LogP contribution in [0.1, 0.15) is 32.6 Å². The lowest BCUT2D eigenvalue weighted by Gasteiger charge is -2.07. The third-order valence-corrected chi connectivity index (χ3v) is 2.27. The lowest BCUT2D eigenvalue weighted by molar-refractivity contribution is -0.142. The lowest BCUT2D eigenvalue weighted by atomic mass is 10.2. The Labute approximate surface area is 113 Å². The molecule has 0 aliphatic carbocycles. The molecule has 0 aromatic rings. The zero-order chi connectivity index (χ0) is 14.5. The second-order valence-corrected chi connectivity index (χ2v) is 3.80. The molecule has 7 heteroatoms. The normalized spacial score (nSPS) is 9.58. The van der Waals surface area contributed by atoms with Gasteiger partial charge < -0.3 is 20.1 Å². The second kappa shape index (κ2) is 11.3. The number of hydrogen-bond acceptors (Lipinski definition) is 5. The van der Waals surface area contributed by atoms with Crippen molar-refractivity contribution in [2.75, 3.05) is 26.8 Å². The molecular formula is C12H22N2O5. The van der Waals surface area contributed by atoms with Crippen molar-refractivity contribution in [3.05, 3.63) is 0 Å². The van der Waals surface area contributed by atoms with E-state index < -0.39 is 12.0 Å². The highest BCUT2D eigenvalue weighted by molar-refractivity contribution is 5.80. The summed E-state index contributed by atoms with van der Waals surface area (Å²) in [6.07, 6.45) is 2.72. The minimum atomic E-state index is -0.462. The van der Waals surface area contributed by atoms with Crippen molar-refractivity contribution in [1.29, 1.82) is 0 Å². The number of rotatable bonds is 9. The Kier molecular flexibility index (Phi) is 10.2. The molecular weight excluding hydrogens is 252 g/mol. The first-order valence-corrected chi connectivity index (χ1v) is 6.34. The topological polar surface area (TPSA) is 93.7 Å². The van der Waals surface area contributed by atoms with E-state index in [4.69, 9.17) is 0 Å². The quantitative estimate of drug-likeness (QED) is 0.474. The van der Waals surface area contributed by atoms with Crippen molar-refractivity contribution in [2.45, 2.75) is 32.6 Å². The van der Waals surface area contributed by atoms with Crippen molar-refractivity contribution in [2.24, 2.45) is 0 Å². The van der Waals surface area contributed by atoms with E-state index in [1.807, 2.05) is 0 Å². The van der Waals surface area contributed by atoms with Gasteiger partial charge in [-0.25, -0.2) is 4.79 Å². The fourth-order valence-corrected chi connectivity index (χ4v) is 1.30. The van der Waals surface area contributed by atoms with Crippen LogP contribution in [0, 0.1) is 0 Å². The molecule has 0 unspecified atom stereocenters. The van der Waals surface area contributed by atoms with Gasteiger partial charge in [-0.1, -0.05) is 6.42 Å². The molecule has 0 fully saturated rings. The first-order chi connectivity index (χ1) is 9.10. The van der Waals surface area contributed by atoms with Gasteiger partial charge in [0.25, 0.3) is 0 Å². The average molecular weight is 274 g/mol. The van der Waals surface area contributed by atoms with E-state index in [0.717, 1.165) is 19.3 Å². The number of carbonyl (C=O) groups is 3. The minimum Gasteiger partial charge on any atom is -0.469 e. The summed E-state index contributed by atoms with van der Waals surface area (Å²) in [4.78, 5) is 33.0. The monoisotopic (exact) mass is 274 g/mol. The minimum absolute atomic E-state index is 0.137. The van der Waals surface area contributed by atoms with Crippen molar-refractivity contribution in [1.82, 2.24) is 10.6 Å². The summed E-state index contributed by atoms with van der Waals surface area (Å²) in [6.45, 7) is 2.35. The van der Waals surface area contributed by atoms with Crippen molar-refractivity contribution >= 4 is 18.0 Å². The summed E-state index contributed by atoms with van der Waals surface area (Å²) in [5.41, 5.74) is 0. The third-order valence-electron chi connectivity index (χ3n) is 2.27. The molecule has 0 aromatic carbocycles. The predicted octanol–water partition coefficient (Wildman–Crippen LogP) is 0.582. The molecule has 0 aliphatic rings. The molecule has 0 aliphatic heterocycles. The van der Waals surface area contributed by atoms with Gasteiger partial charge in [0.2, 0.25) is 0 Å². The van der Waals surface area contributed by atoms with Crippen LogP contribution >= 0.6 is 0 Å². The van der Waals surface area contributed by atoms with Gasteiger partial charge in [0.05, 0.1) is 13.7 Å². The van der Waals surface area contributed by atoms with E-state index >= 15 is 0 Å². The highest BCUT2D eigenvalue weighted by Crippen LogP contribution is 1.99. The fourth-order valence-electron chi connectivity index (χ4n) is 1.30. The maximum Gasteiger partial charge on any atom is 0.325 e. The standard InChI is InChI=1S/C12H22N2O5/c1-3-19-11(16)9-14-12(17)13-8-6-4-5-7-10(15)18-2/h3-9H2,1-2H3,(H2,13,14,17). The number of urea groups is 1. The molecule has 2 amide bonds. The van der Waals surface area contributed by atoms with Gasteiger partial charge in [0.15, 0.2) is 0 Å². The first-order valence-electron chi connectivity index (χ1n) is 6.34. The molecule has 0 radical (unpaired) electrons. The Morgan fingerprint density at radius 2 is 1.74 bits per heavy atom. The first kappa shape index (κ1) is 17.2. The number of esters is 2. The van der Waals surface area contributed by atoms with Crippen molar-refractivity contribution in [3.8, 4) is 0 Å². The van der Waals surface area contributed by atoms with Gasteiger partial charge in [-0.3, -0.25) is 9.59 Å². The van der Waals surface area contributed by atoms with Crippen LogP contribution in [-0.4, -0.2) is 44.8 Å². The summed E-state index contributed by atoms with van der Waals surface area (Å²) in [5, 5.41) is 5.00. The molecule has 0 saturated heterocycles. The molecule has 110 valence electrons. The summed E-state index contributed by atoms with van der Waals surface area (Å²) in [6, 6.07) is -0.402. The maximum atomic E-state index is 11.2. The van der Waals surface area contributed by atoms with Gasteiger partial charge in [-0.15, -0.1) is 0 Å². The summed E-state index contributed by atoms with van der Waals surface area (Å²) < 4.78 is 9.16. The van der Waals surface area contributed by atoms with Gasteiger partial charge in [-0.05, 0) is 19.8 Å². The van der Waals surface area contributed by atoms with E-state index in [1.165, 1.54) is 7.11 Å². The van der Waals surface area contributed by atoms with Crippen LogP contribution in [0.3, 0.4) is 0 Å². The van der Waals surface area contributed by atoms with Crippen LogP contribution in [0.2, 0.25) is 0 Å². The van der Waals surface area contributed by atoms with Crippen LogP contribution < -0.4 is 10.6 Å². The number of hydrogen-bond donors (Lipinski definition) is 2. The second-order valence-electron chi connectivity index (χ2n) is 3.80. The molecule has 19 heavy (non-hydrogen) atoms. The Hall–Kier alpha value is -1.79. The smallest absolute Gasteiger partial charge is 0.325 e. The number of amides is 2. The molecule has 0 rings (SSSR count). The Morgan fingerprint density at radius 1 is 1.00 bits per heavy atom. The number of carbonyl (C=O) groups excluding carboxylic acids is 3. The van der Waals surface area contributed by atoms with Crippen LogP contribution in [0.4, 0.5) is 4.79 Å². The number of unbranched alkanes of at least 4 members (excludes halogenated alkanes) is 2. The summed E-state index contributed by atoms with van der Waals surface area (Å²) in [5.74, 6) is -0.684. The van der Waals surface area contributed by atoms with E-state index in [1.54, 1.807) is 6.92 Å². The van der Waals surface area contributed by atoms with Crippen LogP contribution in [0.5, 0.6) is 0 Å². The molecule has 0 spiro atoms. The van der Waals surface area contributed by atoms with Crippen LogP contribution in [0.25, 0.3) is 0 Å². The van der Waals surface area contributed by atoms with E-state index in [0.29, 0.717) is 19.6 Å². The highest BCUT2D eigenvalue weighted by atomic mass is 16.5. The van der Waals surface area contributed by atoms with E-state index in [-0.39, 0.29) is 12.5 Å². The Morgan fingerprint density at radius 3 is 2.37 bits per heavy atom. The van der Waals surface area contributed by atoms with Crippen molar-refractivity contribution in [3.63, 3.8) is 0 Å². The van der Waals surface area contributed by atoms with Crippen LogP contribution in [0.15, 0.2) is 0 Å². The van der Waals surface area contributed by atoms with Gasteiger partial charge >= 0.3 is 18.0 Å².